The number of rotatable bonds is 5. The Hall–Kier alpha value is -0.610. The van der Waals surface area contributed by atoms with Crippen LogP contribution in [0, 0.1) is 17.3 Å². The van der Waals surface area contributed by atoms with Gasteiger partial charge in [0, 0.05) is 12.5 Å². The molecule has 1 rings (SSSR count). The molecule has 0 aromatic carbocycles. The van der Waals surface area contributed by atoms with E-state index in [1.165, 1.54) is 7.11 Å². The summed E-state index contributed by atoms with van der Waals surface area (Å²) < 4.78 is 10.1. The van der Waals surface area contributed by atoms with Gasteiger partial charge in [-0.2, -0.15) is 0 Å². The summed E-state index contributed by atoms with van der Waals surface area (Å²) in [6, 6.07) is 0. The highest BCUT2D eigenvalue weighted by atomic mass is 16.5. The van der Waals surface area contributed by atoms with Gasteiger partial charge in [0.15, 0.2) is 0 Å². The highest BCUT2D eigenvalue weighted by Gasteiger charge is 2.66. The van der Waals surface area contributed by atoms with Gasteiger partial charge in [0.2, 0.25) is 0 Å². The van der Waals surface area contributed by atoms with Gasteiger partial charge in [-0.15, -0.1) is 0 Å². The summed E-state index contributed by atoms with van der Waals surface area (Å²) in [7, 11) is 1.38. The molecule has 1 aliphatic carbocycles. The molecule has 4 atom stereocenters. The molecule has 16 heavy (non-hydrogen) atoms. The second-order valence-corrected chi connectivity index (χ2v) is 5.00. The fourth-order valence-electron chi connectivity index (χ4n) is 2.55. The SMILES string of the molecule is CCOC(C)C(O)C1C(C(=O)OC)C1(C)C. The lowest BCUT2D eigenvalue weighted by molar-refractivity contribution is -0.143. The van der Waals surface area contributed by atoms with Crippen LogP contribution in [0.4, 0.5) is 0 Å². The van der Waals surface area contributed by atoms with Crippen molar-refractivity contribution < 1.29 is 19.4 Å². The van der Waals surface area contributed by atoms with Gasteiger partial charge in [-0.25, -0.2) is 0 Å². The quantitative estimate of drug-likeness (QED) is 0.721. The number of hydrogen-bond acceptors (Lipinski definition) is 4. The normalized spacial score (nSPS) is 30.6. The smallest absolute Gasteiger partial charge is 0.309 e. The van der Waals surface area contributed by atoms with Crippen LogP contribution in [-0.4, -0.2) is 37.0 Å². The molecule has 4 heteroatoms. The molecule has 1 fully saturated rings. The lowest BCUT2D eigenvalue weighted by atomic mass is 10.0. The standard InChI is InChI=1S/C12H22O4/c1-6-16-7(2)10(13)8-9(11(14)15-5)12(8,3)4/h7-10,13H,6H2,1-5H3. The molecule has 0 saturated heterocycles. The third-order valence-corrected chi connectivity index (χ3v) is 3.64. The summed E-state index contributed by atoms with van der Waals surface area (Å²) in [6.45, 7) is 8.23. The molecule has 0 aliphatic heterocycles. The molecule has 0 heterocycles. The van der Waals surface area contributed by atoms with Crippen molar-refractivity contribution in [3.05, 3.63) is 0 Å². The minimum absolute atomic E-state index is 0.0681. The van der Waals surface area contributed by atoms with Crippen molar-refractivity contribution in [1.82, 2.24) is 0 Å². The predicted octanol–water partition coefficient (Wildman–Crippen LogP) is 1.22. The highest BCUT2D eigenvalue weighted by molar-refractivity contribution is 5.77. The average molecular weight is 230 g/mol. The number of esters is 1. The minimum Gasteiger partial charge on any atom is -0.469 e. The van der Waals surface area contributed by atoms with Gasteiger partial charge in [0.05, 0.1) is 25.2 Å². The number of hydrogen-bond donors (Lipinski definition) is 1. The maximum Gasteiger partial charge on any atom is 0.309 e. The Bertz CT molecular complexity index is 262. The Balaban J connectivity index is 2.65. The highest BCUT2D eigenvalue weighted by Crippen LogP contribution is 2.60. The average Bonchev–Trinajstić information content (AvgIpc) is 2.79. The number of carbonyl (C=O) groups excluding carboxylic acids is 1. The van der Waals surface area contributed by atoms with Gasteiger partial charge >= 0.3 is 5.97 Å². The summed E-state index contributed by atoms with van der Waals surface area (Å²) >= 11 is 0. The van der Waals surface area contributed by atoms with Crippen molar-refractivity contribution in [3.8, 4) is 0 Å². The lowest BCUT2D eigenvalue weighted by Gasteiger charge is -2.19. The Labute approximate surface area is 96.9 Å². The molecule has 0 aromatic heterocycles. The van der Waals surface area contributed by atoms with Crippen LogP contribution in [0.2, 0.25) is 0 Å². The Morgan fingerprint density at radius 2 is 2.06 bits per heavy atom. The molecular formula is C12H22O4. The molecule has 1 aliphatic rings. The van der Waals surface area contributed by atoms with E-state index in [-0.39, 0.29) is 29.3 Å². The minimum atomic E-state index is -0.612. The third kappa shape index (κ3) is 2.23. The first-order valence-electron chi connectivity index (χ1n) is 5.75. The molecule has 0 radical (unpaired) electrons. The Morgan fingerprint density at radius 1 is 1.50 bits per heavy atom. The van der Waals surface area contributed by atoms with Crippen LogP contribution < -0.4 is 0 Å². The van der Waals surface area contributed by atoms with E-state index in [1.54, 1.807) is 0 Å². The van der Waals surface area contributed by atoms with Crippen LogP contribution in [0.15, 0.2) is 0 Å². The summed E-state index contributed by atoms with van der Waals surface area (Å²) in [5.41, 5.74) is -0.197. The maximum absolute atomic E-state index is 11.5. The summed E-state index contributed by atoms with van der Waals surface area (Å²) in [5.74, 6) is -0.519. The zero-order chi connectivity index (χ0) is 12.5. The zero-order valence-electron chi connectivity index (χ0n) is 10.7. The molecule has 0 spiro atoms. The molecule has 0 bridgehead atoms. The first-order valence-corrected chi connectivity index (χ1v) is 5.75. The molecule has 0 aromatic rings. The van der Waals surface area contributed by atoms with Crippen LogP contribution in [0.5, 0.6) is 0 Å². The zero-order valence-corrected chi connectivity index (χ0v) is 10.7. The van der Waals surface area contributed by atoms with E-state index in [1.807, 2.05) is 27.7 Å². The van der Waals surface area contributed by atoms with E-state index in [4.69, 9.17) is 9.47 Å². The van der Waals surface area contributed by atoms with Gasteiger partial charge in [0.1, 0.15) is 0 Å². The summed E-state index contributed by atoms with van der Waals surface area (Å²) in [6.07, 6.45) is -0.858. The fraction of sp³-hybridized carbons (Fsp3) is 0.917. The van der Waals surface area contributed by atoms with Crippen LogP contribution >= 0.6 is 0 Å². The molecule has 4 unspecified atom stereocenters. The van der Waals surface area contributed by atoms with E-state index in [9.17, 15) is 9.90 Å². The van der Waals surface area contributed by atoms with Crippen molar-refractivity contribution in [2.24, 2.45) is 17.3 Å². The molecule has 4 nitrogen and oxygen atoms in total. The number of aliphatic hydroxyl groups is 1. The fourth-order valence-corrected chi connectivity index (χ4v) is 2.55. The molecule has 94 valence electrons. The molecular weight excluding hydrogens is 208 g/mol. The number of ether oxygens (including phenoxy) is 2. The molecule has 0 amide bonds. The Morgan fingerprint density at radius 3 is 2.50 bits per heavy atom. The second kappa shape index (κ2) is 4.72. The number of aliphatic hydroxyl groups excluding tert-OH is 1. The van der Waals surface area contributed by atoms with Crippen molar-refractivity contribution >= 4 is 5.97 Å². The van der Waals surface area contributed by atoms with E-state index in [0.29, 0.717) is 6.61 Å². The van der Waals surface area contributed by atoms with Crippen molar-refractivity contribution in [1.29, 1.82) is 0 Å². The maximum atomic E-state index is 11.5. The summed E-state index contributed by atoms with van der Waals surface area (Å²) in [4.78, 5) is 11.5. The van der Waals surface area contributed by atoms with Crippen LogP contribution in [0.3, 0.4) is 0 Å². The van der Waals surface area contributed by atoms with Crippen molar-refractivity contribution in [2.75, 3.05) is 13.7 Å². The van der Waals surface area contributed by atoms with Crippen LogP contribution in [0.25, 0.3) is 0 Å². The lowest BCUT2D eigenvalue weighted by Crippen LogP contribution is -2.30. The first kappa shape index (κ1) is 13.5. The predicted molar refractivity (Wildman–Crippen MR) is 59.9 cm³/mol. The van der Waals surface area contributed by atoms with E-state index < -0.39 is 6.10 Å². The summed E-state index contributed by atoms with van der Waals surface area (Å²) in [5, 5.41) is 10.1. The van der Waals surface area contributed by atoms with Gasteiger partial charge in [0.25, 0.3) is 0 Å². The largest absolute Gasteiger partial charge is 0.469 e. The van der Waals surface area contributed by atoms with Gasteiger partial charge in [-0.3, -0.25) is 4.79 Å². The van der Waals surface area contributed by atoms with Crippen molar-refractivity contribution in [3.63, 3.8) is 0 Å². The first-order chi connectivity index (χ1) is 7.37. The van der Waals surface area contributed by atoms with E-state index >= 15 is 0 Å². The van der Waals surface area contributed by atoms with Crippen LogP contribution in [0.1, 0.15) is 27.7 Å². The number of methoxy groups -OCH3 is 1. The van der Waals surface area contributed by atoms with E-state index in [2.05, 4.69) is 0 Å². The molecule has 1 N–H and O–H groups in total. The third-order valence-electron chi connectivity index (χ3n) is 3.64. The molecule has 1 saturated carbocycles. The van der Waals surface area contributed by atoms with Gasteiger partial charge in [-0.1, -0.05) is 13.8 Å². The number of carbonyl (C=O) groups is 1. The van der Waals surface area contributed by atoms with E-state index in [0.717, 1.165) is 0 Å². The topological polar surface area (TPSA) is 55.8 Å². The Kier molecular flexibility index (Phi) is 3.97. The van der Waals surface area contributed by atoms with Gasteiger partial charge in [-0.05, 0) is 19.3 Å². The second-order valence-electron chi connectivity index (χ2n) is 5.00. The van der Waals surface area contributed by atoms with Gasteiger partial charge < -0.3 is 14.6 Å². The van der Waals surface area contributed by atoms with Crippen LogP contribution in [-0.2, 0) is 14.3 Å². The van der Waals surface area contributed by atoms with Crippen molar-refractivity contribution in [2.45, 2.75) is 39.9 Å². The monoisotopic (exact) mass is 230 g/mol.